The third-order valence-electron chi connectivity index (χ3n) is 8.10. The van der Waals surface area contributed by atoms with Crippen LogP contribution in [0.4, 0.5) is 23.2 Å². The van der Waals surface area contributed by atoms with Crippen molar-refractivity contribution in [3.05, 3.63) is 78.2 Å². The molecule has 49 heavy (non-hydrogen) atoms. The minimum absolute atomic E-state index is 0.0349. The number of alkyl halides is 3. The summed E-state index contributed by atoms with van der Waals surface area (Å²) in [6.45, 7) is -1.41. The number of hydrogen-bond acceptors (Lipinski definition) is 8. The normalized spacial score (nSPS) is 12.8. The number of carbonyl (C=O) groups excluding carboxylic acids is 1. The number of nitrogens with zero attached hydrogens (tertiary/aromatic N) is 4. The molecular formula is C33H25F4N5O6S. The van der Waals surface area contributed by atoms with E-state index in [0.29, 0.717) is 44.7 Å². The molecule has 0 aliphatic carbocycles. The Morgan fingerprint density at radius 1 is 1.10 bits per heavy atom. The molecule has 0 bridgehead atoms. The zero-order chi connectivity index (χ0) is 34.8. The van der Waals surface area contributed by atoms with Crippen molar-refractivity contribution in [2.24, 2.45) is 0 Å². The standard InChI is InChI=1S/C33H25F4N5O6S/c1-38-32(43)29-20-11-19(22-8-9-26-30(40-22)25-12-18-21(34)5-4-6-23(18)42(25)16-47-26)24(41(2)49(3,44)45)13-27(20)48-31(29)17-7-10-28(39-14-17)46-15-33(35,36)37/h4-14H,15-16H2,1-3H3,(H,38,43). The van der Waals surface area contributed by atoms with Crippen molar-refractivity contribution in [2.75, 3.05) is 31.3 Å². The smallest absolute Gasteiger partial charge is 0.422 e. The van der Waals surface area contributed by atoms with E-state index in [2.05, 4.69) is 10.3 Å². The molecule has 4 aromatic heterocycles. The second kappa shape index (κ2) is 11.5. The summed E-state index contributed by atoms with van der Waals surface area (Å²) in [6, 6.07) is 15.4. The number of benzene rings is 2. The first-order chi connectivity index (χ1) is 23.2. The van der Waals surface area contributed by atoms with Crippen LogP contribution in [-0.4, -0.2) is 62.0 Å². The van der Waals surface area contributed by atoms with Gasteiger partial charge in [-0.05, 0) is 42.5 Å². The third-order valence-corrected chi connectivity index (χ3v) is 9.29. The molecule has 1 aliphatic rings. The van der Waals surface area contributed by atoms with Crippen molar-refractivity contribution in [2.45, 2.75) is 12.9 Å². The summed E-state index contributed by atoms with van der Waals surface area (Å²) in [7, 11) is -1.06. The first-order valence-electron chi connectivity index (χ1n) is 14.6. The van der Waals surface area contributed by atoms with Gasteiger partial charge in [-0.3, -0.25) is 9.10 Å². The summed E-state index contributed by atoms with van der Waals surface area (Å²) in [5, 5.41) is 3.24. The number of rotatable bonds is 7. The fourth-order valence-corrected chi connectivity index (χ4v) is 6.21. The molecule has 2 aromatic carbocycles. The molecule has 1 aliphatic heterocycles. The van der Waals surface area contributed by atoms with E-state index in [1.165, 1.54) is 44.6 Å². The number of amides is 1. The predicted molar refractivity (Wildman–Crippen MR) is 172 cm³/mol. The number of hydrogen-bond donors (Lipinski definition) is 1. The van der Waals surface area contributed by atoms with Crippen LogP contribution in [0.5, 0.6) is 11.6 Å². The SMILES string of the molecule is CNC(=O)c1c(-c2ccc(OCC(F)(F)F)nc2)oc2cc(N(C)S(C)(=O)=O)c(-c3ccc4c(n3)-c3cc5c(F)cccc5n3CO4)cc12. The number of pyridine rings is 2. The number of fused-ring (bicyclic) bond motifs is 6. The minimum Gasteiger partial charge on any atom is -0.470 e. The van der Waals surface area contributed by atoms with Gasteiger partial charge < -0.3 is 23.8 Å². The van der Waals surface area contributed by atoms with Gasteiger partial charge in [-0.1, -0.05) is 6.07 Å². The van der Waals surface area contributed by atoms with E-state index in [1.807, 2.05) is 0 Å². The summed E-state index contributed by atoms with van der Waals surface area (Å²) in [5.74, 6) is -0.782. The lowest BCUT2D eigenvalue weighted by molar-refractivity contribution is -0.154. The fourth-order valence-electron chi connectivity index (χ4n) is 5.70. The van der Waals surface area contributed by atoms with Gasteiger partial charge in [0.2, 0.25) is 15.9 Å². The van der Waals surface area contributed by atoms with Gasteiger partial charge in [0.1, 0.15) is 28.6 Å². The van der Waals surface area contributed by atoms with Gasteiger partial charge in [-0.25, -0.2) is 22.8 Å². The molecule has 7 rings (SSSR count). The monoisotopic (exact) mass is 695 g/mol. The molecule has 252 valence electrons. The summed E-state index contributed by atoms with van der Waals surface area (Å²) >= 11 is 0. The zero-order valence-electron chi connectivity index (χ0n) is 25.9. The number of anilines is 1. The quantitative estimate of drug-likeness (QED) is 0.191. The van der Waals surface area contributed by atoms with Crippen LogP contribution in [0, 0.1) is 5.82 Å². The highest BCUT2D eigenvalue weighted by Gasteiger charge is 2.30. The Balaban J connectivity index is 1.41. The molecule has 0 saturated heterocycles. The van der Waals surface area contributed by atoms with Crippen LogP contribution >= 0.6 is 0 Å². The number of halogens is 4. The molecule has 0 radical (unpaired) electrons. The van der Waals surface area contributed by atoms with E-state index in [1.54, 1.807) is 41.0 Å². The lowest BCUT2D eigenvalue weighted by Crippen LogP contribution is -2.25. The van der Waals surface area contributed by atoms with Crippen LogP contribution in [-0.2, 0) is 16.8 Å². The van der Waals surface area contributed by atoms with E-state index >= 15 is 0 Å². The van der Waals surface area contributed by atoms with Crippen LogP contribution in [0.2, 0.25) is 0 Å². The third kappa shape index (κ3) is 5.67. The largest absolute Gasteiger partial charge is 0.470 e. The lowest BCUT2D eigenvalue weighted by Gasteiger charge is -2.23. The van der Waals surface area contributed by atoms with Crippen LogP contribution < -0.4 is 19.1 Å². The van der Waals surface area contributed by atoms with E-state index in [-0.39, 0.29) is 40.8 Å². The maximum atomic E-state index is 14.7. The van der Waals surface area contributed by atoms with E-state index in [0.717, 1.165) is 10.6 Å². The number of carbonyl (C=O) groups is 1. The Kier molecular flexibility index (Phi) is 7.50. The summed E-state index contributed by atoms with van der Waals surface area (Å²) in [5.41, 5.74) is 2.84. The Morgan fingerprint density at radius 2 is 1.90 bits per heavy atom. The van der Waals surface area contributed by atoms with Gasteiger partial charge in [0.05, 0.1) is 34.4 Å². The summed E-state index contributed by atoms with van der Waals surface area (Å²) in [6.07, 6.45) is -2.33. The fraction of sp³-hybridized carbons (Fsp3) is 0.182. The van der Waals surface area contributed by atoms with Gasteiger partial charge in [0, 0.05) is 54.3 Å². The van der Waals surface area contributed by atoms with E-state index in [4.69, 9.17) is 18.9 Å². The van der Waals surface area contributed by atoms with Crippen LogP contribution in [0.1, 0.15) is 10.4 Å². The number of furan rings is 1. The zero-order valence-corrected chi connectivity index (χ0v) is 26.7. The molecule has 1 N–H and O–H groups in total. The van der Waals surface area contributed by atoms with Crippen molar-refractivity contribution in [3.63, 3.8) is 0 Å². The van der Waals surface area contributed by atoms with Crippen molar-refractivity contribution < 1.29 is 44.7 Å². The molecule has 0 fully saturated rings. The Labute approximate surface area is 275 Å². The number of ether oxygens (including phenoxy) is 2. The Hall–Kier alpha value is -5.64. The molecule has 0 unspecified atom stereocenters. The van der Waals surface area contributed by atoms with Gasteiger partial charge >= 0.3 is 6.18 Å². The number of nitrogens with one attached hydrogen (secondary N) is 1. The van der Waals surface area contributed by atoms with Gasteiger partial charge in [-0.2, -0.15) is 13.2 Å². The highest BCUT2D eigenvalue weighted by molar-refractivity contribution is 7.92. The number of aromatic nitrogens is 3. The highest BCUT2D eigenvalue weighted by atomic mass is 32.2. The highest BCUT2D eigenvalue weighted by Crippen LogP contribution is 2.44. The van der Waals surface area contributed by atoms with E-state index < -0.39 is 34.5 Å². The maximum Gasteiger partial charge on any atom is 0.422 e. The first-order valence-corrected chi connectivity index (χ1v) is 16.4. The molecular weight excluding hydrogens is 670 g/mol. The van der Waals surface area contributed by atoms with Gasteiger partial charge in [0.25, 0.3) is 5.91 Å². The first kappa shape index (κ1) is 31.9. The molecule has 11 nitrogen and oxygen atoms in total. The molecule has 6 aromatic rings. The van der Waals surface area contributed by atoms with Crippen molar-refractivity contribution in [1.82, 2.24) is 19.9 Å². The molecule has 0 spiro atoms. The average Bonchev–Trinajstić information content (AvgIpc) is 3.65. The molecule has 5 heterocycles. The molecule has 1 amide bonds. The lowest BCUT2D eigenvalue weighted by atomic mass is 10.0. The van der Waals surface area contributed by atoms with Gasteiger partial charge in [0.15, 0.2) is 13.3 Å². The minimum atomic E-state index is -4.56. The Bertz CT molecular complexity index is 2410. The summed E-state index contributed by atoms with van der Waals surface area (Å²) < 4.78 is 97.9. The van der Waals surface area contributed by atoms with Crippen molar-refractivity contribution in [1.29, 1.82) is 0 Å². The average molecular weight is 696 g/mol. The number of sulfonamides is 1. The maximum absolute atomic E-state index is 14.7. The van der Waals surface area contributed by atoms with Crippen LogP contribution in [0.3, 0.4) is 0 Å². The Morgan fingerprint density at radius 3 is 2.59 bits per heavy atom. The van der Waals surface area contributed by atoms with Crippen molar-refractivity contribution in [3.8, 4) is 45.6 Å². The van der Waals surface area contributed by atoms with Gasteiger partial charge in [-0.15, -0.1) is 0 Å². The van der Waals surface area contributed by atoms with E-state index in [9.17, 15) is 30.8 Å². The predicted octanol–water partition coefficient (Wildman–Crippen LogP) is 6.36. The second-order valence-electron chi connectivity index (χ2n) is 11.2. The van der Waals surface area contributed by atoms with Crippen molar-refractivity contribution >= 4 is 43.5 Å². The molecule has 16 heteroatoms. The molecule has 0 saturated carbocycles. The summed E-state index contributed by atoms with van der Waals surface area (Å²) in [4.78, 5) is 22.1. The topological polar surface area (TPSA) is 129 Å². The van der Waals surface area contributed by atoms with Crippen LogP contribution in [0.25, 0.3) is 55.8 Å². The van der Waals surface area contributed by atoms with Crippen LogP contribution in [0.15, 0.2) is 71.3 Å². The second-order valence-corrected chi connectivity index (χ2v) is 13.2. The molecule has 0 atom stereocenters.